The van der Waals surface area contributed by atoms with Gasteiger partial charge in [0.15, 0.2) is 0 Å². The molecule has 1 fully saturated rings. The van der Waals surface area contributed by atoms with Gasteiger partial charge < -0.3 is 15.0 Å². The first-order valence-electron chi connectivity index (χ1n) is 8.08. The van der Waals surface area contributed by atoms with E-state index in [1.165, 1.54) is 5.56 Å². The average molecular weight is 457 g/mol. The van der Waals surface area contributed by atoms with E-state index >= 15 is 0 Å². The Bertz CT molecular complexity index is 497. The maximum absolute atomic E-state index is 12.1. The lowest BCUT2D eigenvalue weighted by molar-refractivity contribution is -0.132. The highest BCUT2D eigenvalue weighted by Crippen LogP contribution is 2.23. The fraction of sp³-hybridized carbons (Fsp3) is 0.588. The van der Waals surface area contributed by atoms with E-state index < -0.39 is 0 Å². The number of amides is 1. The van der Waals surface area contributed by atoms with E-state index in [9.17, 15) is 4.79 Å². The molecule has 1 amide bonds. The molecule has 1 atom stereocenters. The van der Waals surface area contributed by atoms with Crippen LogP contribution in [0.1, 0.15) is 18.5 Å². The maximum Gasteiger partial charge on any atom is 0.236 e. The second-order valence-corrected chi connectivity index (χ2v) is 6.73. The first-order chi connectivity index (χ1) is 11.1. The second kappa shape index (κ2) is 12.9. The summed E-state index contributed by atoms with van der Waals surface area (Å²) in [5.41, 5.74) is 1.31. The zero-order valence-corrected chi connectivity index (χ0v) is 18.0. The normalized spacial score (nSPS) is 15.9. The molecule has 1 aliphatic rings. The molecule has 1 N–H and O–H groups in total. The minimum Gasteiger partial charge on any atom is -0.383 e. The van der Waals surface area contributed by atoms with Crippen molar-refractivity contribution in [2.24, 2.45) is 0 Å². The largest absolute Gasteiger partial charge is 0.383 e. The van der Waals surface area contributed by atoms with Gasteiger partial charge in [-0.25, -0.2) is 0 Å². The second-order valence-electron chi connectivity index (χ2n) is 5.81. The molecule has 0 aliphatic carbocycles. The lowest BCUT2D eigenvalue weighted by Gasteiger charge is -2.38. The zero-order chi connectivity index (χ0) is 16.7. The Kier molecular flexibility index (Phi) is 12.7. The van der Waals surface area contributed by atoms with Gasteiger partial charge >= 0.3 is 0 Å². The van der Waals surface area contributed by atoms with E-state index in [0.717, 1.165) is 30.7 Å². The summed E-state index contributed by atoms with van der Waals surface area (Å²) in [6.07, 6.45) is 0. The van der Waals surface area contributed by atoms with Gasteiger partial charge in [-0.05, 0) is 24.6 Å². The lowest BCUT2D eigenvalue weighted by Crippen LogP contribution is -2.51. The fourth-order valence-electron chi connectivity index (χ4n) is 2.79. The Labute approximate surface area is 171 Å². The molecule has 144 valence electrons. The average Bonchev–Trinajstić information content (AvgIpc) is 2.59. The quantitative estimate of drug-likeness (QED) is 0.640. The van der Waals surface area contributed by atoms with Crippen molar-refractivity contribution in [1.82, 2.24) is 15.1 Å². The minimum atomic E-state index is 0. The summed E-state index contributed by atoms with van der Waals surface area (Å²) in [5, 5.41) is 3.11. The number of ether oxygens (including phenoxy) is 1. The molecule has 8 heteroatoms. The predicted molar refractivity (Wildman–Crippen MR) is 110 cm³/mol. The van der Waals surface area contributed by atoms with Crippen LogP contribution in [0, 0.1) is 0 Å². The molecule has 0 spiro atoms. The number of nitrogens with one attached hydrogen (secondary N) is 1. The molecule has 1 unspecified atom stereocenters. The number of carbonyl (C=O) groups is 1. The third-order valence-corrected chi connectivity index (χ3v) is 4.85. The van der Waals surface area contributed by atoms with Crippen LogP contribution in [-0.2, 0) is 9.53 Å². The summed E-state index contributed by atoms with van der Waals surface area (Å²) < 4.78 is 6.06. The van der Waals surface area contributed by atoms with Crippen molar-refractivity contribution < 1.29 is 9.53 Å². The number of hydrogen-bond acceptors (Lipinski definition) is 4. The third kappa shape index (κ3) is 7.81. The van der Waals surface area contributed by atoms with Gasteiger partial charge in [-0.2, -0.15) is 0 Å². The Morgan fingerprint density at radius 1 is 1.20 bits per heavy atom. The first kappa shape index (κ1) is 24.6. The summed E-state index contributed by atoms with van der Waals surface area (Å²) in [6.45, 7) is 7.40. The molecule has 0 saturated carbocycles. The molecule has 1 heterocycles. The van der Waals surface area contributed by atoms with Gasteiger partial charge in [-0.1, -0.05) is 28.1 Å². The third-order valence-electron chi connectivity index (χ3n) is 4.33. The Hall–Kier alpha value is -0.370. The van der Waals surface area contributed by atoms with Gasteiger partial charge in [0.1, 0.15) is 0 Å². The van der Waals surface area contributed by atoms with Crippen LogP contribution in [0.15, 0.2) is 28.7 Å². The number of methoxy groups -OCH3 is 1. The van der Waals surface area contributed by atoms with Crippen LogP contribution in [0.3, 0.4) is 0 Å². The van der Waals surface area contributed by atoms with Gasteiger partial charge in [0.2, 0.25) is 5.91 Å². The molecule has 0 radical (unpaired) electrons. The predicted octanol–water partition coefficient (Wildman–Crippen LogP) is 2.73. The highest BCUT2D eigenvalue weighted by molar-refractivity contribution is 9.10. The van der Waals surface area contributed by atoms with Crippen LogP contribution in [-0.4, -0.2) is 68.7 Å². The molecule has 1 saturated heterocycles. The molecule has 1 aromatic carbocycles. The number of halogens is 3. The van der Waals surface area contributed by atoms with E-state index in [1.807, 2.05) is 4.90 Å². The van der Waals surface area contributed by atoms with E-state index in [0.29, 0.717) is 25.7 Å². The molecule has 1 aromatic rings. The molecule has 25 heavy (non-hydrogen) atoms. The number of piperazine rings is 1. The Balaban J connectivity index is 0.00000288. The van der Waals surface area contributed by atoms with Crippen LogP contribution in [0.4, 0.5) is 0 Å². The number of hydrogen-bond donors (Lipinski definition) is 1. The van der Waals surface area contributed by atoms with E-state index in [4.69, 9.17) is 4.74 Å². The van der Waals surface area contributed by atoms with E-state index in [1.54, 1.807) is 7.11 Å². The van der Waals surface area contributed by atoms with Crippen molar-refractivity contribution in [3.05, 3.63) is 34.3 Å². The highest BCUT2D eigenvalue weighted by Gasteiger charge is 2.24. The SMILES string of the molecule is COCCNCC(=O)N1CCN(C(C)c2ccc(Br)cc2)CC1.Cl.Cl. The van der Waals surface area contributed by atoms with Crippen molar-refractivity contribution in [3.8, 4) is 0 Å². The number of nitrogens with zero attached hydrogens (tertiary/aromatic N) is 2. The molecule has 5 nitrogen and oxygen atoms in total. The van der Waals surface area contributed by atoms with Crippen LogP contribution < -0.4 is 5.32 Å². The van der Waals surface area contributed by atoms with E-state index in [2.05, 4.69) is 57.3 Å². The van der Waals surface area contributed by atoms with Crippen LogP contribution in [0.2, 0.25) is 0 Å². The topological polar surface area (TPSA) is 44.8 Å². The smallest absolute Gasteiger partial charge is 0.236 e. The summed E-state index contributed by atoms with van der Waals surface area (Å²) in [6, 6.07) is 8.85. The number of rotatable bonds is 7. The van der Waals surface area contributed by atoms with Crippen molar-refractivity contribution in [1.29, 1.82) is 0 Å². The molecular weight excluding hydrogens is 429 g/mol. The maximum atomic E-state index is 12.1. The lowest BCUT2D eigenvalue weighted by atomic mass is 10.1. The van der Waals surface area contributed by atoms with Crippen molar-refractivity contribution >= 4 is 46.7 Å². The van der Waals surface area contributed by atoms with Gasteiger partial charge in [0.05, 0.1) is 13.2 Å². The monoisotopic (exact) mass is 455 g/mol. The number of carbonyl (C=O) groups excluding carboxylic acids is 1. The van der Waals surface area contributed by atoms with E-state index in [-0.39, 0.29) is 30.7 Å². The molecule has 2 rings (SSSR count). The summed E-state index contributed by atoms with van der Waals surface area (Å²) in [4.78, 5) is 16.5. The summed E-state index contributed by atoms with van der Waals surface area (Å²) in [7, 11) is 1.66. The van der Waals surface area contributed by atoms with Crippen molar-refractivity contribution in [2.75, 3.05) is 53.0 Å². The molecule has 0 aromatic heterocycles. The number of benzene rings is 1. The van der Waals surface area contributed by atoms with Crippen molar-refractivity contribution in [2.45, 2.75) is 13.0 Å². The fourth-order valence-corrected chi connectivity index (χ4v) is 3.06. The Morgan fingerprint density at radius 2 is 1.80 bits per heavy atom. The van der Waals surface area contributed by atoms with Gasteiger partial charge in [-0.3, -0.25) is 9.69 Å². The highest BCUT2D eigenvalue weighted by atomic mass is 79.9. The van der Waals surface area contributed by atoms with Gasteiger partial charge in [0, 0.05) is 50.3 Å². The first-order valence-corrected chi connectivity index (χ1v) is 8.88. The molecular formula is C17H28BrCl2N3O2. The molecule has 1 aliphatic heterocycles. The Morgan fingerprint density at radius 3 is 2.36 bits per heavy atom. The summed E-state index contributed by atoms with van der Waals surface area (Å²) >= 11 is 3.47. The van der Waals surface area contributed by atoms with Crippen molar-refractivity contribution in [3.63, 3.8) is 0 Å². The zero-order valence-electron chi connectivity index (χ0n) is 14.7. The van der Waals surface area contributed by atoms with Crippen LogP contribution >= 0.6 is 40.7 Å². The molecule has 0 bridgehead atoms. The van der Waals surface area contributed by atoms with Gasteiger partial charge in [0.25, 0.3) is 0 Å². The van der Waals surface area contributed by atoms with Crippen LogP contribution in [0.25, 0.3) is 0 Å². The summed E-state index contributed by atoms with van der Waals surface area (Å²) in [5.74, 6) is 0.178. The van der Waals surface area contributed by atoms with Gasteiger partial charge in [-0.15, -0.1) is 24.8 Å². The standard InChI is InChI=1S/C17H26BrN3O2.2ClH/c1-14(15-3-5-16(18)6-4-15)20-8-10-21(11-9-20)17(22)13-19-7-12-23-2;;/h3-6,14,19H,7-13H2,1-2H3;2*1H. The minimum absolute atomic E-state index is 0. The van der Waals surface area contributed by atoms with Crippen LogP contribution in [0.5, 0.6) is 0 Å².